The predicted octanol–water partition coefficient (Wildman–Crippen LogP) is 4.84. The Balaban J connectivity index is 1.80. The van der Waals surface area contributed by atoms with E-state index in [0.717, 1.165) is 5.56 Å². The van der Waals surface area contributed by atoms with Gasteiger partial charge in [-0.2, -0.15) is 8.42 Å². The number of carbonyl (C=O) groups is 1. The summed E-state index contributed by atoms with van der Waals surface area (Å²) >= 11 is 0. The lowest BCUT2D eigenvalue weighted by Gasteiger charge is -2.13. The minimum Gasteiger partial charge on any atom is -0.342 e. The monoisotopic (exact) mass is 398 g/mol. The average Bonchev–Trinajstić information content (AvgIpc) is 2.68. The van der Waals surface area contributed by atoms with Crippen LogP contribution in [0.4, 0.5) is 4.39 Å². The molecule has 0 saturated heterocycles. The lowest BCUT2D eigenvalue weighted by Crippen LogP contribution is -2.18. The molecule has 0 saturated carbocycles. The molecule has 0 heterocycles. The van der Waals surface area contributed by atoms with Gasteiger partial charge < -0.3 is 4.18 Å². The zero-order valence-electron chi connectivity index (χ0n) is 15.4. The largest absolute Gasteiger partial charge is 0.342 e. The minimum absolute atomic E-state index is 0.107. The van der Waals surface area contributed by atoms with Crippen LogP contribution in [-0.2, 0) is 19.1 Å². The third kappa shape index (κ3) is 4.28. The molecule has 3 rings (SSSR count). The van der Waals surface area contributed by atoms with E-state index in [1.165, 1.54) is 25.1 Å². The molecule has 0 aliphatic rings. The Morgan fingerprint density at radius 1 is 0.964 bits per heavy atom. The van der Waals surface area contributed by atoms with E-state index in [9.17, 15) is 17.6 Å². The molecular formula is C22H19FO4S. The second kappa shape index (κ2) is 7.94. The molecule has 0 amide bonds. The van der Waals surface area contributed by atoms with E-state index in [2.05, 4.69) is 0 Å². The molecule has 4 nitrogen and oxygen atoms in total. The highest BCUT2D eigenvalue weighted by molar-refractivity contribution is 7.87. The SMILES string of the molecule is Cc1ccc(S(=O)(=O)OC(=O)C(C)c2ccc(-c3ccccc3)c(F)c2)cc1. The van der Waals surface area contributed by atoms with Crippen LogP contribution in [0.2, 0.25) is 0 Å². The summed E-state index contributed by atoms with van der Waals surface area (Å²) in [5.74, 6) is -2.41. The molecule has 0 aromatic heterocycles. The first-order valence-electron chi connectivity index (χ1n) is 8.68. The first-order valence-corrected chi connectivity index (χ1v) is 10.1. The lowest BCUT2D eigenvalue weighted by molar-refractivity contribution is -0.135. The van der Waals surface area contributed by atoms with Gasteiger partial charge in [0, 0.05) is 5.56 Å². The van der Waals surface area contributed by atoms with E-state index in [0.29, 0.717) is 16.7 Å². The third-order valence-electron chi connectivity index (χ3n) is 4.43. The maximum Gasteiger partial charge on any atom is 0.341 e. The fourth-order valence-electron chi connectivity index (χ4n) is 2.72. The number of hydrogen-bond donors (Lipinski definition) is 0. The Morgan fingerprint density at radius 2 is 1.61 bits per heavy atom. The first kappa shape index (κ1) is 19.8. The molecule has 3 aromatic rings. The first-order chi connectivity index (χ1) is 13.3. The summed E-state index contributed by atoms with van der Waals surface area (Å²) in [6.07, 6.45) is 0. The smallest absolute Gasteiger partial charge is 0.341 e. The van der Waals surface area contributed by atoms with Crippen LogP contribution >= 0.6 is 0 Å². The van der Waals surface area contributed by atoms with Crippen LogP contribution in [0, 0.1) is 12.7 Å². The van der Waals surface area contributed by atoms with Crippen LogP contribution in [0.15, 0.2) is 77.7 Å². The quantitative estimate of drug-likeness (QED) is 0.577. The highest BCUT2D eigenvalue weighted by atomic mass is 32.2. The normalized spacial score (nSPS) is 12.4. The fraction of sp³-hybridized carbons (Fsp3) is 0.136. The predicted molar refractivity (Wildman–Crippen MR) is 105 cm³/mol. The Bertz CT molecular complexity index is 1090. The molecule has 0 spiro atoms. The molecule has 1 unspecified atom stereocenters. The van der Waals surface area contributed by atoms with Crippen molar-refractivity contribution in [1.29, 1.82) is 0 Å². The Kier molecular flexibility index (Phi) is 5.61. The van der Waals surface area contributed by atoms with Crippen LogP contribution in [-0.4, -0.2) is 14.4 Å². The molecule has 3 aromatic carbocycles. The van der Waals surface area contributed by atoms with E-state index in [4.69, 9.17) is 4.18 Å². The van der Waals surface area contributed by atoms with Crippen molar-refractivity contribution >= 4 is 16.1 Å². The second-order valence-corrected chi connectivity index (χ2v) is 8.04. The minimum atomic E-state index is -4.23. The number of carbonyl (C=O) groups excluding carboxylic acids is 1. The van der Waals surface area contributed by atoms with Crippen molar-refractivity contribution in [3.05, 3.63) is 89.7 Å². The summed E-state index contributed by atoms with van der Waals surface area (Å²) in [5, 5.41) is 0. The zero-order valence-corrected chi connectivity index (χ0v) is 16.2. The maximum absolute atomic E-state index is 14.5. The molecule has 0 aliphatic carbocycles. The van der Waals surface area contributed by atoms with Gasteiger partial charge in [0.15, 0.2) is 0 Å². The van der Waals surface area contributed by atoms with Crippen molar-refractivity contribution < 1.29 is 21.8 Å². The van der Waals surface area contributed by atoms with Gasteiger partial charge >= 0.3 is 16.1 Å². The van der Waals surface area contributed by atoms with E-state index < -0.39 is 27.8 Å². The summed E-state index contributed by atoms with van der Waals surface area (Å²) in [4.78, 5) is 12.2. The fourth-order valence-corrected chi connectivity index (χ4v) is 3.65. The van der Waals surface area contributed by atoms with Gasteiger partial charge in [-0.25, -0.2) is 4.39 Å². The molecule has 6 heteroatoms. The number of halogens is 1. The Morgan fingerprint density at radius 3 is 2.21 bits per heavy atom. The molecule has 28 heavy (non-hydrogen) atoms. The molecule has 0 fully saturated rings. The Hall–Kier alpha value is -2.99. The summed E-state index contributed by atoms with van der Waals surface area (Å²) in [6, 6.07) is 19.4. The molecule has 0 N–H and O–H groups in total. The molecule has 1 atom stereocenters. The van der Waals surface area contributed by atoms with Crippen molar-refractivity contribution in [3.63, 3.8) is 0 Å². The zero-order chi connectivity index (χ0) is 20.3. The molecule has 0 bridgehead atoms. The van der Waals surface area contributed by atoms with Crippen LogP contribution in [0.1, 0.15) is 24.0 Å². The number of rotatable bonds is 5. The van der Waals surface area contributed by atoms with Gasteiger partial charge in [0.1, 0.15) is 10.7 Å². The number of hydrogen-bond acceptors (Lipinski definition) is 4. The number of benzene rings is 3. The van der Waals surface area contributed by atoms with Gasteiger partial charge in [0.05, 0.1) is 5.92 Å². The van der Waals surface area contributed by atoms with Gasteiger partial charge in [0.25, 0.3) is 0 Å². The van der Waals surface area contributed by atoms with Gasteiger partial charge in [-0.3, -0.25) is 4.79 Å². The highest BCUT2D eigenvalue weighted by Crippen LogP contribution is 2.27. The van der Waals surface area contributed by atoms with E-state index >= 15 is 0 Å². The van der Waals surface area contributed by atoms with Crippen molar-refractivity contribution in [2.75, 3.05) is 0 Å². The summed E-state index contributed by atoms with van der Waals surface area (Å²) < 4.78 is 43.8. The van der Waals surface area contributed by atoms with Crippen LogP contribution in [0.3, 0.4) is 0 Å². The van der Waals surface area contributed by atoms with E-state index in [1.54, 1.807) is 48.5 Å². The van der Waals surface area contributed by atoms with Gasteiger partial charge in [-0.1, -0.05) is 60.2 Å². The third-order valence-corrected chi connectivity index (χ3v) is 5.67. The van der Waals surface area contributed by atoms with Gasteiger partial charge in [-0.05, 0) is 43.2 Å². The average molecular weight is 398 g/mol. The number of aryl methyl sites for hydroxylation is 1. The van der Waals surface area contributed by atoms with Crippen LogP contribution in [0.25, 0.3) is 11.1 Å². The topological polar surface area (TPSA) is 60.4 Å². The van der Waals surface area contributed by atoms with Crippen LogP contribution < -0.4 is 0 Å². The summed E-state index contributed by atoms with van der Waals surface area (Å²) in [6.45, 7) is 3.29. The van der Waals surface area contributed by atoms with E-state index in [1.807, 2.05) is 13.0 Å². The summed E-state index contributed by atoms with van der Waals surface area (Å²) in [7, 11) is -4.23. The van der Waals surface area contributed by atoms with Crippen LogP contribution in [0.5, 0.6) is 0 Å². The van der Waals surface area contributed by atoms with Crippen molar-refractivity contribution in [2.45, 2.75) is 24.7 Å². The lowest BCUT2D eigenvalue weighted by atomic mass is 9.97. The highest BCUT2D eigenvalue weighted by Gasteiger charge is 2.26. The summed E-state index contributed by atoms with van der Waals surface area (Å²) in [5.41, 5.74) is 2.33. The molecule has 0 aliphatic heterocycles. The van der Waals surface area contributed by atoms with E-state index in [-0.39, 0.29) is 4.90 Å². The van der Waals surface area contributed by atoms with Crippen molar-refractivity contribution in [3.8, 4) is 11.1 Å². The van der Waals surface area contributed by atoms with Gasteiger partial charge in [0.2, 0.25) is 0 Å². The van der Waals surface area contributed by atoms with Crippen molar-refractivity contribution in [1.82, 2.24) is 0 Å². The maximum atomic E-state index is 14.5. The standard InChI is InChI=1S/C22H19FO4S/c1-15-8-11-19(12-9-15)28(25,26)27-22(24)16(2)18-10-13-20(21(23)14-18)17-6-4-3-5-7-17/h3-14,16H,1-2H3. The van der Waals surface area contributed by atoms with Crippen molar-refractivity contribution in [2.24, 2.45) is 0 Å². The second-order valence-electron chi connectivity index (χ2n) is 6.50. The Labute approximate surface area is 163 Å². The molecular weight excluding hydrogens is 379 g/mol. The van der Waals surface area contributed by atoms with Gasteiger partial charge in [-0.15, -0.1) is 0 Å². The molecule has 0 radical (unpaired) electrons. The molecule has 144 valence electrons.